The number of nitrogen functional groups attached to an aromatic ring is 2. The van der Waals surface area contributed by atoms with Crippen LogP contribution in [0.3, 0.4) is 0 Å². The zero-order valence-electron chi connectivity index (χ0n) is 26.6. The Morgan fingerprint density at radius 1 is 0.549 bits per heavy atom. The second-order valence-electron chi connectivity index (χ2n) is 8.99. The summed E-state index contributed by atoms with van der Waals surface area (Å²) < 4.78 is 157. The van der Waals surface area contributed by atoms with Crippen LogP contribution < -0.4 is 100 Å². The maximum atomic E-state index is 12.2. The van der Waals surface area contributed by atoms with Crippen LogP contribution in [0.2, 0.25) is 0 Å². The van der Waals surface area contributed by atoms with E-state index in [0.29, 0.717) is 6.07 Å². The third-order valence-electron chi connectivity index (χ3n) is 5.52. The molecule has 0 atom stereocenters. The van der Waals surface area contributed by atoms with Gasteiger partial charge in [-0.15, -0.1) is 10.2 Å². The molecule has 51 heavy (non-hydrogen) atoms. The van der Waals surface area contributed by atoms with Crippen molar-refractivity contribution in [3.05, 3.63) is 54.6 Å². The van der Waals surface area contributed by atoms with E-state index in [9.17, 15) is 55.7 Å². The molecule has 21 nitrogen and oxygen atoms in total. The number of nitrogens with two attached hydrogens (primary N) is 2. The molecule has 0 heterocycles. The number of rotatable bonds is 15. The third-order valence-corrected chi connectivity index (χ3v) is 10.4. The van der Waals surface area contributed by atoms with Crippen molar-refractivity contribution in [3.8, 4) is 0 Å². The van der Waals surface area contributed by atoms with Gasteiger partial charge in [-0.1, -0.05) is 0 Å². The predicted octanol–water partition coefficient (Wildman–Crippen LogP) is -7.90. The van der Waals surface area contributed by atoms with Crippen molar-refractivity contribution in [2.24, 2.45) is 20.5 Å². The molecule has 0 fully saturated rings. The Morgan fingerprint density at radius 3 is 1.27 bits per heavy atom. The van der Waals surface area contributed by atoms with E-state index in [1.54, 1.807) is 0 Å². The molecule has 3 aromatic rings. The molecule has 0 aliphatic carbocycles. The van der Waals surface area contributed by atoms with E-state index in [1.807, 2.05) is 0 Å². The van der Waals surface area contributed by atoms with E-state index in [-0.39, 0.29) is 100 Å². The van der Waals surface area contributed by atoms with Crippen LogP contribution in [-0.2, 0) is 59.0 Å². The molecule has 0 radical (unpaired) electrons. The van der Waals surface area contributed by atoms with Gasteiger partial charge in [-0.2, -0.15) is 27.1 Å². The van der Waals surface area contributed by atoms with Gasteiger partial charge in [-0.25, -0.2) is 25.3 Å². The van der Waals surface area contributed by atoms with Crippen LogP contribution >= 0.6 is 0 Å². The zero-order valence-corrected chi connectivity index (χ0v) is 36.7. The second kappa shape index (κ2) is 20.1. The van der Waals surface area contributed by atoms with Crippen LogP contribution in [0.5, 0.6) is 0 Å². The molecular formula is C22H21N6Na3O15S5. The fourth-order valence-electron chi connectivity index (χ4n) is 3.27. The number of anilines is 2. The molecule has 0 bridgehead atoms. The first kappa shape index (κ1) is 50.0. The summed E-state index contributed by atoms with van der Waals surface area (Å²) in [7, 11) is -23.6. The van der Waals surface area contributed by atoms with Crippen LogP contribution in [-0.4, -0.2) is 80.5 Å². The maximum absolute atomic E-state index is 12.2. The normalized spacial score (nSPS) is 12.6. The molecule has 262 valence electrons. The van der Waals surface area contributed by atoms with E-state index in [4.69, 9.17) is 11.5 Å². The number of azo groups is 2. The van der Waals surface area contributed by atoms with E-state index in [1.165, 1.54) is 0 Å². The minimum Gasteiger partial charge on any atom is -0.748 e. The minimum absolute atomic E-state index is 0. The summed E-state index contributed by atoms with van der Waals surface area (Å²) >= 11 is 0. The third kappa shape index (κ3) is 15.7. The van der Waals surface area contributed by atoms with Crippen molar-refractivity contribution in [1.82, 2.24) is 0 Å². The predicted molar refractivity (Wildman–Crippen MR) is 160 cm³/mol. The van der Waals surface area contributed by atoms with E-state index in [2.05, 4.69) is 28.8 Å². The van der Waals surface area contributed by atoms with Crippen LogP contribution in [0, 0.1) is 0 Å². The second-order valence-corrected chi connectivity index (χ2v) is 16.6. The summed E-state index contributed by atoms with van der Waals surface area (Å²) in [5, 5.41) is 15.1. The molecule has 0 aromatic heterocycles. The van der Waals surface area contributed by atoms with Gasteiger partial charge in [0.1, 0.15) is 21.5 Å². The first-order valence-corrected chi connectivity index (χ1v) is 19.7. The molecule has 4 N–H and O–H groups in total. The van der Waals surface area contributed by atoms with E-state index < -0.39 is 113 Å². The van der Waals surface area contributed by atoms with Gasteiger partial charge in [0.15, 0.2) is 0 Å². The summed E-state index contributed by atoms with van der Waals surface area (Å²) in [6, 6.07) is 9.10. The molecule has 0 saturated heterocycles. The molecule has 3 rings (SSSR count). The zero-order chi connectivity index (χ0) is 36.1. The van der Waals surface area contributed by atoms with E-state index in [0.717, 1.165) is 48.5 Å². The van der Waals surface area contributed by atoms with Crippen molar-refractivity contribution in [3.63, 3.8) is 0 Å². The topological polar surface area (TPSA) is 360 Å². The first-order chi connectivity index (χ1) is 22.0. The molecule has 0 amide bonds. The van der Waals surface area contributed by atoms with Gasteiger partial charge in [-0.05, 0) is 54.6 Å². The average molecular weight is 839 g/mol. The van der Waals surface area contributed by atoms with Gasteiger partial charge in [0.05, 0.1) is 82.4 Å². The van der Waals surface area contributed by atoms with Gasteiger partial charge in [-0.3, -0.25) is 8.37 Å². The van der Waals surface area contributed by atoms with Gasteiger partial charge in [0.2, 0.25) is 0 Å². The summed E-state index contributed by atoms with van der Waals surface area (Å²) in [4.78, 5) is -1.89. The number of hydrogen-bond donors (Lipinski definition) is 2. The van der Waals surface area contributed by atoms with Crippen LogP contribution in [0.4, 0.5) is 34.1 Å². The van der Waals surface area contributed by atoms with Gasteiger partial charge in [0, 0.05) is 0 Å². The molecule has 0 spiro atoms. The number of hydrogen-bond acceptors (Lipinski definition) is 21. The van der Waals surface area contributed by atoms with Crippen molar-refractivity contribution >= 4 is 84.7 Å². The van der Waals surface area contributed by atoms with Gasteiger partial charge in [0.25, 0.3) is 20.2 Å². The Balaban J connectivity index is 0.00000833. The molecule has 29 heteroatoms. The summed E-state index contributed by atoms with van der Waals surface area (Å²) in [5.41, 5.74) is 9.65. The van der Waals surface area contributed by atoms with Crippen LogP contribution in [0.15, 0.2) is 89.7 Å². The Hall–Kier alpha value is -0.990. The summed E-state index contributed by atoms with van der Waals surface area (Å²) in [6.07, 6.45) is 0. The Bertz CT molecular complexity index is 2310. The molecule has 0 aliphatic rings. The van der Waals surface area contributed by atoms with Crippen molar-refractivity contribution in [1.29, 1.82) is 0 Å². The minimum atomic E-state index is -5.25. The SMILES string of the molecule is Nc1c(N=Nc2ccc(S(=O)(=O)OCCS(=O)(=O)[O-])cc2)cc(S(=O)(=O)[O-])c(N)c1N=Nc1ccc(S(=O)(=O)OCCS(=O)(=O)[O-])cc1.[Na+].[Na+].[Na+]. The molecule has 3 aromatic carbocycles. The Labute approximate surface area is 359 Å². The van der Waals surface area contributed by atoms with Crippen molar-refractivity contribution < 1.29 is 153 Å². The summed E-state index contributed by atoms with van der Waals surface area (Å²) in [5.74, 6) is -2.17. The maximum Gasteiger partial charge on any atom is 1.00 e. The smallest absolute Gasteiger partial charge is 0.748 e. The van der Waals surface area contributed by atoms with Crippen molar-refractivity contribution in [2.75, 3.05) is 36.2 Å². The molecular weight excluding hydrogens is 818 g/mol. The largest absolute Gasteiger partial charge is 1.00 e. The molecule has 0 saturated carbocycles. The molecule has 0 aliphatic heterocycles. The van der Waals surface area contributed by atoms with Gasteiger partial charge < -0.3 is 25.1 Å². The van der Waals surface area contributed by atoms with Crippen molar-refractivity contribution in [2.45, 2.75) is 14.7 Å². The van der Waals surface area contributed by atoms with Crippen LogP contribution in [0.25, 0.3) is 0 Å². The standard InChI is InChI=1S/C22H24N6O15S5.3Na/c23-20-18(27-25-14-1-5-16(6-2-14)47(38,39)42-9-11-44(29,30)31)13-19(46(35,36)37)21(24)22(20)28-26-15-3-7-17(8-4-15)48(40,41)43-10-12-45(32,33)34;;;/h1-8,13H,9-12,23-24H2,(H,29,30,31)(H,32,33,34)(H,35,36,37);;;/q;3*+1/p-3. The first-order valence-electron chi connectivity index (χ1n) is 12.4. The van der Waals surface area contributed by atoms with Crippen LogP contribution in [0.1, 0.15) is 0 Å². The Morgan fingerprint density at radius 2 is 0.922 bits per heavy atom. The number of nitrogens with zero attached hydrogens (tertiary/aromatic N) is 4. The van der Waals surface area contributed by atoms with Gasteiger partial charge >= 0.3 is 88.7 Å². The average Bonchev–Trinajstić information content (AvgIpc) is 2.95. The Kier molecular flexibility index (Phi) is 19.7. The summed E-state index contributed by atoms with van der Waals surface area (Å²) in [6.45, 7) is -1.84. The quantitative estimate of drug-likeness (QED) is 0.0472. The fourth-order valence-corrected chi connectivity index (χ4v) is 6.49. The monoisotopic (exact) mass is 838 g/mol. The van der Waals surface area contributed by atoms with E-state index >= 15 is 0 Å². The number of benzene rings is 3. The fraction of sp³-hybridized carbons (Fsp3) is 0.182. The molecule has 0 unspecified atom stereocenters.